The van der Waals surface area contributed by atoms with Gasteiger partial charge in [-0.25, -0.2) is 9.78 Å². The van der Waals surface area contributed by atoms with Crippen molar-refractivity contribution in [3.8, 4) is 0 Å². The number of nitrogens with one attached hydrogen (secondary N) is 2. The monoisotopic (exact) mass is 274 g/mol. The van der Waals surface area contributed by atoms with Crippen LogP contribution in [0.1, 0.15) is 15.4 Å². The largest absolute Gasteiger partial charge is 0.477 e. The molecule has 1 aromatic rings. The summed E-state index contributed by atoms with van der Waals surface area (Å²) in [5.41, 5.74) is 0.489. The molecule has 1 aromatic heterocycles. The molecule has 0 saturated carbocycles. The number of hydrogen-bond donors (Lipinski definition) is 3. The van der Waals surface area contributed by atoms with Crippen LogP contribution in [0.15, 0.2) is 17.3 Å². The van der Waals surface area contributed by atoms with Gasteiger partial charge in [-0.2, -0.15) is 4.99 Å². The van der Waals surface area contributed by atoms with Crippen LogP contribution in [0, 0.1) is 6.92 Å². The number of aromatic nitrogens is 1. The molecule has 0 atom stereocenters. The number of halogens is 1. The number of aliphatic imine (C=N–C) groups is 1. The summed E-state index contributed by atoms with van der Waals surface area (Å²) >= 11 is 1.06. The minimum Gasteiger partial charge on any atom is -0.477 e. The molecule has 0 fully saturated rings. The van der Waals surface area contributed by atoms with Crippen molar-refractivity contribution in [1.82, 2.24) is 15.6 Å². The zero-order chi connectivity index (χ0) is 11.5. The third kappa shape index (κ3) is 3.18. The van der Waals surface area contributed by atoms with Crippen molar-refractivity contribution < 1.29 is 9.90 Å². The highest BCUT2D eigenvalue weighted by Crippen LogP contribution is 2.24. The van der Waals surface area contributed by atoms with Crippen molar-refractivity contribution >= 4 is 40.8 Å². The Bertz CT molecular complexity index is 483. The molecule has 0 aromatic carbocycles. The summed E-state index contributed by atoms with van der Waals surface area (Å²) < 4.78 is 0. The summed E-state index contributed by atoms with van der Waals surface area (Å²) in [6, 6.07) is 0. The molecule has 0 saturated heterocycles. The van der Waals surface area contributed by atoms with Gasteiger partial charge in [0.1, 0.15) is 4.88 Å². The van der Waals surface area contributed by atoms with Gasteiger partial charge in [-0.15, -0.1) is 12.4 Å². The van der Waals surface area contributed by atoms with Crippen LogP contribution in [0.2, 0.25) is 0 Å². The number of carboxylic acid groups (broad SMARTS) is 1. The van der Waals surface area contributed by atoms with Gasteiger partial charge in [0.05, 0.1) is 5.69 Å². The summed E-state index contributed by atoms with van der Waals surface area (Å²) in [5.74, 6) is -0.390. The lowest BCUT2D eigenvalue weighted by Crippen LogP contribution is -2.37. The Hall–Kier alpha value is -1.60. The van der Waals surface area contributed by atoms with Gasteiger partial charge in [0.25, 0.3) is 0 Å². The second-order valence-corrected chi connectivity index (χ2v) is 4.08. The lowest BCUT2D eigenvalue weighted by atomic mass is 10.4. The SMILES string of the molecule is Cc1nc(N=C2NC=CCN2)sc1C(=O)O.Cl. The van der Waals surface area contributed by atoms with E-state index in [9.17, 15) is 4.79 Å². The number of thiazole rings is 1. The van der Waals surface area contributed by atoms with Gasteiger partial charge in [-0.1, -0.05) is 11.3 Å². The average molecular weight is 275 g/mol. The van der Waals surface area contributed by atoms with Crippen molar-refractivity contribution in [3.05, 3.63) is 22.8 Å². The van der Waals surface area contributed by atoms with Crippen molar-refractivity contribution in [2.45, 2.75) is 6.92 Å². The normalized spacial score (nSPS) is 15.9. The molecule has 3 N–H and O–H groups in total. The number of carbonyl (C=O) groups is 1. The van der Waals surface area contributed by atoms with Gasteiger partial charge in [-0.05, 0) is 13.0 Å². The quantitative estimate of drug-likeness (QED) is 0.756. The summed E-state index contributed by atoms with van der Waals surface area (Å²) in [7, 11) is 0. The molecule has 2 heterocycles. The minimum absolute atomic E-state index is 0. The van der Waals surface area contributed by atoms with E-state index in [1.807, 2.05) is 6.08 Å². The van der Waals surface area contributed by atoms with Gasteiger partial charge < -0.3 is 15.7 Å². The Kier molecular flexibility index (Phi) is 4.47. The van der Waals surface area contributed by atoms with Crippen LogP contribution in [0.25, 0.3) is 0 Å². The summed E-state index contributed by atoms with van der Waals surface area (Å²) in [5, 5.41) is 15.2. The Morgan fingerprint density at radius 1 is 1.65 bits per heavy atom. The third-order valence-electron chi connectivity index (χ3n) is 1.91. The fraction of sp³-hybridized carbons (Fsp3) is 0.222. The fourth-order valence-electron chi connectivity index (χ4n) is 1.20. The van der Waals surface area contributed by atoms with E-state index in [0.717, 1.165) is 11.3 Å². The van der Waals surface area contributed by atoms with Crippen LogP contribution < -0.4 is 10.6 Å². The number of aryl methyl sites for hydroxylation is 1. The second-order valence-electron chi connectivity index (χ2n) is 3.10. The first-order valence-corrected chi connectivity index (χ1v) is 5.43. The molecule has 0 radical (unpaired) electrons. The van der Waals surface area contributed by atoms with E-state index in [0.29, 0.717) is 23.3 Å². The van der Waals surface area contributed by atoms with E-state index >= 15 is 0 Å². The highest BCUT2D eigenvalue weighted by molar-refractivity contribution is 7.17. The highest BCUT2D eigenvalue weighted by atomic mass is 35.5. The van der Waals surface area contributed by atoms with Crippen molar-refractivity contribution in [2.24, 2.45) is 4.99 Å². The molecule has 6 nitrogen and oxygen atoms in total. The van der Waals surface area contributed by atoms with Gasteiger partial charge in [0, 0.05) is 12.7 Å². The maximum atomic E-state index is 10.8. The van der Waals surface area contributed by atoms with Crippen LogP contribution in [0.5, 0.6) is 0 Å². The standard InChI is InChI=1S/C9H10N4O2S.ClH/c1-5-6(7(14)15)16-9(12-5)13-8-10-3-2-4-11-8;/h2-3H,4H2,1H3,(H,14,15)(H2,10,11,12,13);1H. The van der Waals surface area contributed by atoms with Gasteiger partial charge in [0.2, 0.25) is 11.1 Å². The fourth-order valence-corrected chi connectivity index (χ4v) is 1.98. The number of nitrogens with zero attached hydrogens (tertiary/aromatic N) is 2. The van der Waals surface area contributed by atoms with E-state index < -0.39 is 5.97 Å². The van der Waals surface area contributed by atoms with E-state index in [1.165, 1.54) is 0 Å². The molecule has 0 spiro atoms. The molecular formula is C9H11ClN4O2S. The molecular weight excluding hydrogens is 264 g/mol. The smallest absolute Gasteiger partial charge is 0.347 e. The first-order chi connectivity index (χ1) is 7.66. The second kappa shape index (κ2) is 5.65. The number of rotatable bonds is 2. The molecule has 0 aliphatic carbocycles. The average Bonchev–Trinajstić information content (AvgIpc) is 2.61. The summed E-state index contributed by atoms with van der Waals surface area (Å²) in [6.45, 7) is 2.35. The van der Waals surface area contributed by atoms with Crippen LogP contribution in [0.3, 0.4) is 0 Å². The topological polar surface area (TPSA) is 86.6 Å². The number of guanidine groups is 1. The maximum Gasteiger partial charge on any atom is 0.347 e. The molecule has 0 bridgehead atoms. The number of hydrogen-bond acceptors (Lipinski definition) is 4. The molecule has 1 aliphatic heterocycles. The minimum atomic E-state index is -0.967. The number of aromatic carboxylic acids is 1. The zero-order valence-electron chi connectivity index (χ0n) is 8.93. The van der Waals surface area contributed by atoms with Crippen LogP contribution in [0.4, 0.5) is 5.13 Å². The Morgan fingerprint density at radius 2 is 2.41 bits per heavy atom. The van der Waals surface area contributed by atoms with Gasteiger partial charge in [-0.3, -0.25) is 0 Å². The van der Waals surface area contributed by atoms with Crippen LogP contribution in [-0.4, -0.2) is 28.6 Å². The third-order valence-corrected chi connectivity index (χ3v) is 2.95. The molecule has 0 unspecified atom stereocenters. The summed E-state index contributed by atoms with van der Waals surface area (Å²) in [6.07, 6.45) is 3.68. The molecule has 17 heavy (non-hydrogen) atoms. The van der Waals surface area contributed by atoms with Crippen LogP contribution >= 0.6 is 23.7 Å². The van der Waals surface area contributed by atoms with Crippen molar-refractivity contribution in [1.29, 1.82) is 0 Å². The lowest BCUT2D eigenvalue weighted by Gasteiger charge is -2.10. The van der Waals surface area contributed by atoms with Gasteiger partial charge >= 0.3 is 5.97 Å². The predicted molar refractivity (Wildman–Crippen MR) is 68.4 cm³/mol. The Balaban J connectivity index is 0.00000144. The van der Waals surface area contributed by atoms with E-state index in [2.05, 4.69) is 20.6 Å². The van der Waals surface area contributed by atoms with Crippen LogP contribution in [-0.2, 0) is 0 Å². The van der Waals surface area contributed by atoms with Crippen molar-refractivity contribution in [2.75, 3.05) is 6.54 Å². The molecule has 0 amide bonds. The summed E-state index contributed by atoms with van der Waals surface area (Å²) in [4.78, 5) is 19.3. The highest BCUT2D eigenvalue weighted by Gasteiger charge is 2.14. The molecule has 1 aliphatic rings. The Labute approximate surface area is 108 Å². The molecule has 8 heteroatoms. The van der Waals surface area contributed by atoms with E-state index in [1.54, 1.807) is 13.1 Å². The van der Waals surface area contributed by atoms with E-state index in [-0.39, 0.29) is 17.3 Å². The molecule has 92 valence electrons. The van der Waals surface area contributed by atoms with E-state index in [4.69, 9.17) is 5.11 Å². The van der Waals surface area contributed by atoms with Crippen molar-refractivity contribution in [3.63, 3.8) is 0 Å². The zero-order valence-corrected chi connectivity index (χ0v) is 10.6. The van der Waals surface area contributed by atoms with Gasteiger partial charge in [0.15, 0.2) is 0 Å². The number of carboxylic acids is 1. The maximum absolute atomic E-state index is 10.8. The predicted octanol–water partition coefficient (Wildman–Crippen LogP) is 1.27. The first-order valence-electron chi connectivity index (χ1n) is 4.61. The first kappa shape index (κ1) is 13.5. The molecule has 2 rings (SSSR count). The Morgan fingerprint density at radius 3 is 2.94 bits per heavy atom. The lowest BCUT2D eigenvalue weighted by molar-refractivity contribution is 0.0701.